The van der Waals surface area contributed by atoms with Crippen LogP contribution in [0.1, 0.15) is 36.1 Å². The SMILES string of the molecule is CCCc1ccc(Cn2cccn2)cc1OCC(OC)c1ccc2ccccc2c1. The molecule has 1 aromatic heterocycles. The van der Waals surface area contributed by atoms with E-state index in [2.05, 4.69) is 72.7 Å². The summed E-state index contributed by atoms with van der Waals surface area (Å²) in [6.07, 6.45) is 5.72. The monoisotopic (exact) mass is 400 g/mol. The normalized spacial score (nSPS) is 12.2. The molecule has 154 valence electrons. The van der Waals surface area contributed by atoms with Crippen molar-refractivity contribution in [1.29, 1.82) is 0 Å². The van der Waals surface area contributed by atoms with Crippen molar-refractivity contribution in [2.45, 2.75) is 32.4 Å². The molecule has 4 heteroatoms. The largest absolute Gasteiger partial charge is 0.490 e. The molecule has 0 aliphatic carbocycles. The molecule has 1 heterocycles. The number of ether oxygens (including phenoxy) is 2. The molecule has 0 aliphatic heterocycles. The topological polar surface area (TPSA) is 36.3 Å². The predicted octanol–water partition coefficient (Wildman–Crippen LogP) is 5.80. The van der Waals surface area contributed by atoms with Gasteiger partial charge in [-0.1, -0.05) is 61.9 Å². The van der Waals surface area contributed by atoms with Crippen LogP contribution in [-0.2, 0) is 17.7 Å². The third kappa shape index (κ3) is 4.71. The molecule has 0 aliphatic rings. The number of rotatable bonds is 9. The van der Waals surface area contributed by atoms with Crippen molar-refractivity contribution in [2.24, 2.45) is 0 Å². The zero-order valence-corrected chi connectivity index (χ0v) is 17.6. The van der Waals surface area contributed by atoms with Gasteiger partial charge in [-0.15, -0.1) is 0 Å². The maximum atomic E-state index is 6.31. The highest BCUT2D eigenvalue weighted by atomic mass is 16.5. The summed E-state index contributed by atoms with van der Waals surface area (Å²) in [5.41, 5.74) is 3.53. The van der Waals surface area contributed by atoms with Crippen LogP contribution in [0.4, 0.5) is 0 Å². The van der Waals surface area contributed by atoms with E-state index in [1.807, 2.05) is 16.9 Å². The molecule has 1 unspecified atom stereocenters. The predicted molar refractivity (Wildman–Crippen MR) is 121 cm³/mol. The van der Waals surface area contributed by atoms with E-state index in [1.165, 1.54) is 21.9 Å². The summed E-state index contributed by atoms with van der Waals surface area (Å²) in [4.78, 5) is 0. The van der Waals surface area contributed by atoms with E-state index in [-0.39, 0.29) is 6.10 Å². The van der Waals surface area contributed by atoms with Crippen molar-refractivity contribution in [3.05, 3.63) is 95.8 Å². The second-order valence-electron chi connectivity index (χ2n) is 7.54. The van der Waals surface area contributed by atoms with Crippen molar-refractivity contribution in [1.82, 2.24) is 9.78 Å². The summed E-state index contributed by atoms with van der Waals surface area (Å²) in [6, 6.07) is 23.3. The molecule has 0 radical (unpaired) electrons. The van der Waals surface area contributed by atoms with E-state index in [4.69, 9.17) is 9.47 Å². The lowest BCUT2D eigenvalue weighted by Crippen LogP contribution is -2.13. The van der Waals surface area contributed by atoms with Gasteiger partial charge in [0.15, 0.2) is 0 Å². The van der Waals surface area contributed by atoms with Crippen molar-refractivity contribution >= 4 is 10.8 Å². The minimum atomic E-state index is -0.126. The van der Waals surface area contributed by atoms with E-state index in [1.54, 1.807) is 13.3 Å². The Morgan fingerprint density at radius 3 is 2.60 bits per heavy atom. The Morgan fingerprint density at radius 2 is 1.83 bits per heavy atom. The molecule has 3 aromatic carbocycles. The van der Waals surface area contributed by atoms with Crippen molar-refractivity contribution in [3.8, 4) is 5.75 Å². The number of hydrogen-bond acceptors (Lipinski definition) is 3. The van der Waals surface area contributed by atoms with Crippen molar-refractivity contribution in [3.63, 3.8) is 0 Å². The molecule has 0 amide bonds. The highest BCUT2D eigenvalue weighted by Crippen LogP contribution is 2.27. The number of hydrogen-bond donors (Lipinski definition) is 0. The first-order chi connectivity index (χ1) is 14.8. The Morgan fingerprint density at radius 1 is 0.967 bits per heavy atom. The Labute approximate surface area is 178 Å². The van der Waals surface area contributed by atoms with E-state index in [0.29, 0.717) is 6.61 Å². The maximum absolute atomic E-state index is 6.31. The minimum absolute atomic E-state index is 0.126. The number of fused-ring (bicyclic) bond motifs is 1. The Bertz CT molecular complexity index is 1090. The minimum Gasteiger partial charge on any atom is -0.490 e. The zero-order valence-electron chi connectivity index (χ0n) is 17.6. The van der Waals surface area contributed by atoms with Crippen LogP contribution in [0.2, 0.25) is 0 Å². The van der Waals surface area contributed by atoms with Crippen molar-refractivity contribution < 1.29 is 9.47 Å². The Kier molecular flexibility index (Phi) is 6.45. The molecule has 4 nitrogen and oxygen atoms in total. The fraction of sp³-hybridized carbons (Fsp3) is 0.269. The standard InChI is InChI=1S/C26H28N2O2/c1-3-7-22-11-10-20(18-28-15-6-14-27-28)16-25(22)30-19-26(29-2)24-13-12-21-8-4-5-9-23(21)17-24/h4-6,8-17,26H,3,7,18-19H2,1-2H3. The van der Waals surface area contributed by atoms with Gasteiger partial charge in [0, 0.05) is 19.5 Å². The highest BCUT2D eigenvalue weighted by molar-refractivity contribution is 5.83. The lowest BCUT2D eigenvalue weighted by Gasteiger charge is -2.19. The van der Waals surface area contributed by atoms with Gasteiger partial charge < -0.3 is 9.47 Å². The summed E-state index contributed by atoms with van der Waals surface area (Å²) in [6.45, 7) is 3.39. The van der Waals surface area contributed by atoms with E-state index < -0.39 is 0 Å². The molecule has 0 N–H and O–H groups in total. The number of nitrogens with zero attached hydrogens (tertiary/aromatic N) is 2. The van der Waals surface area contributed by atoms with Crippen LogP contribution in [0.15, 0.2) is 79.1 Å². The van der Waals surface area contributed by atoms with Gasteiger partial charge in [-0.2, -0.15) is 5.10 Å². The van der Waals surface area contributed by atoms with Crippen LogP contribution in [0.5, 0.6) is 5.75 Å². The first-order valence-electron chi connectivity index (χ1n) is 10.5. The molecular weight excluding hydrogens is 372 g/mol. The van der Waals surface area contributed by atoms with Crippen LogP contribution in [0, 0.1) is 0 Å². The lowest BCUT2D eigenvalue weighted by atomic mass is 10.0. The van der Waals surface area contributed by atoms with Crippen molar-refractivity contribution in [2.75, 3.05) is 13.7 Å². The second-order valence-corrected chi connectivity index (χ2v) is 7.54. The van der Waals surface area contributed by atoms with Gasteiger partial charge in [-0.3, -0.25) is 4.68 Å². The fourth-order valence-electron chi connectivity index (χ4n) is 3.76. The van der Waals surface area contributed by atoms with Gasteiger partial charge in [0.2, 0.25) is 0 Å². The third-order valence-electron chi connectivity index (χ3n) is 5.37. The average Bonchev–Trinajstić information content (AvgIpc) is 3.29. The van der Waals surface area contributed by atoms with Crippen LogP contribution < -0.4 is 4.74 Å². The Balaban J connectivity index is 1.53. The smallest absolute Gasteiger partial charge is 0.122 e. The van der Waals surface area contributed by atoms with Crippen LogP contribution in [0.25, 0.3) is 10.8 Å². The van der Waals surface area contributed by atoms with Gasteiger partial charge in [0.1, 0.15) is 18.5 Å². The summed E-state index contributed by atoms with van der Waals surface area (Å²) < 4.78 is 14.0. The van der Waals surface area contributed by atoms with E-state index in [0.717, 1.165) is 30.7 Å². The van der Waals surface area contributed by atoms with E-state index >= 15 is 0 Å². The van der Waals surface area contributed by atoms with Gasteiger partial charge in [0.05, 0.1) is 6.54 Å². The molecule has 0 saturated heterocycles. The summed E-state index contributed by atoms with van der Waals surface area (Å²) >= 11 is 0. The summed E-state index contributed by atoms with van der Waals surface area (Å²) in [5, 5.41) is 6.75. The molecule has 4 aromatic rings. The molecule has 30 heavy (non-hydrogen) atoms. The van der Waals surface area contributed by atoms with Crippen LogP contribution in [0.3, 0.4) is 0 Å². The first-order valence-corrected chi connectivity index (χ1v) is 10.5. The lowest BCUT2D eigenvalue weighted by molar-refractivity contribution is 0.0573. The van der Waals surface area contributed by atoms with Gasteiger partial charge >= 0.3 is 0 Å². The van der Waals surface area contributed by atoms with Gasteiger partial charge in [-0.05, 0) is 52.1 Å². The quantitative estimate of drug-likeness (QED) is 0.356. The van der Waals surface area contributed by atoms with Gasteiger partial charge in [0.25, 0.3) is 0 Å². The summed E-state index contributed by atoms with van der Waals surface area (Å²) in [7, 11) is 1.74. The number of benzene rings is 3. The maximum Gasteiger partial charge on any atom is 0.122 e. The van der Waals surface area contributed by atoms with Crippen LogP contribution >= 0.6 is 0 Å². The third-order valence-corrected chi connectivity index (χ3v) is 5.37. The average molecular weight is 401 g/mol. The second kappa shape index (κ2) is 9.59. The Hall–Kier alpha value is -3.11. The zero-order chi connectivity index (χ0) is 20.8. The van der Waals surface area contributed by atoms with Gasteiger partial charge in [-0.25, -0.2) is 0 Å². The molecule has 0 fully saturated rings. The number of methoxy groups -OCH3 is 1. The number of aromatic nitrogens is 2. The van der Waals surface area contributed by atoms with Crippen LogP contribution in [-0.4, -0.2) is 23.5 Å². The highest BCUT2D eigenvalue weighted by Gasteiger charge is 2.14. The summed E-state index contributed by atoms with van der Waals surface area (Å²) in [5.74, 6) is 0.935. The molecule has 4 rings (SSSR count). The molecular formula is C26H28N2O2. The molecule has 0 saturated carbocycles. The molecule has 0 spiro atoms. The first kappa shape index (κ1) is 20.2. The fourth-order valence-corrected chi connectivity index (χ4v) is 3.76. The molecule has 1 atom stereocenters. The molecule has 0 bridgehead atoms. The number of aryl methyl sites for hydroxylation is 1. The van der Waals surface area contributed by atoms with E-state index in [9.17, 15) is 0 Å².